The lowest BCUT2D eigenvalue weighted by molar-refractivity contribution is -0.123. The van der Waals surface area contributed by atoms with Gasteiger partial charge < -0.3 is 9.15 Å². The Bertz CT molecular complexity index is 814. The average molecular weight is 347 g/mol. The van der Waals surface area contributed by atoms with E-state index < -0.39 is 0 Å². The van der Waals surface area contributed by atoms with Crippen molar-refractivity contribution in [3.63, 3.8) is 0 Å². The average Bonchev–Trinajstić information content (AvgIpc) is 3.12. The highest BCUT2D eigenvalue weighted by atomic mass is 32.2. The molecule has 2 amide bonds. The van der Waals surface area contributed by atoms with Gasteiger partial charge in [0.1, 0.15) is 17.3 Å². The summed E-state index contributed by atoms with van der Waals surface area (Å²) in [7, 11) is 1.51. The van der Waals surface area contributed by atoms with Gasteiger partial charge in [-0.05, 0) is 36.0 Å². The van der Waals surface area contributed by atoms with Crippen LogP contribution in [0.3, 0.4) is 0 Å². The summed E-state index contributed by atoms with van der Waals surface area (Å²) in [6.45, 7) is 0.501. The molecule has 2 aromatic rings. The van der Waals surface area contributed by atoms with Crippen LogP contribution in [0, 0.1) is 5.82 Å². The maximum atomic E-state index is 13.3. The fraction of sp³-hybridized carbons (Fsp3) is 0.176. The number of hydrogen-bond donors (Lipinski definition) is 0. The molecule has 1 saturated heterocycles. The fourth-order valence-corrected chi connectivity index (χ4v) is 3.08. The number of methoxy groups -OCH3 is 1. The van der Waals surface area contributed by atoms with Crippen molar-refractivity contribution in [3.05, 3.63) is 52.9 Å². The molecule has 3 rings (SSSR count). The molecular weight excluding hydrogens is 333 g/mol. The Morgan fingerprint density at radius 1 is 1.29 bits per heavy atom. The molecular formula is C17H14FNO4S. The van der Waals surface area contributed by atoms with Gasteiger partial charge in [0.2, 0.25) is 0 Å². The van der Waals surface area contributed by atoms with Crippen LogP contribution >= 0.6 is 11.8 Å². The summed E-state index contributed by atoms with van der Waals surface area (Å²) in [5.41, 5.74) is 0.600. The van der Waals surface area contributed by atoms with E-state index in [9.17, 15) is 14.0 Å². The van der Waals surface area contributed by atoms with Gasteiger partial charge in [-0.1, -0.05) is 12.1 Å². The minimum absolute atomic E-state index is 0.213. The SMILES string of the molecule is COCCN1C(=O)S/C(=C/c2ccc(-c3cccc(F)c3)o2)C1=O. The van der Waals surface area contributed by atoms with Gasteiger partial charge in [0.25, 0.3) is 11.1 Å². The minimum Gasteiger partial charge on any atom is -0.457 e. The Hall–Kier alpha value is -2.38. The van der Waals surface area contributed by atoms with Gasteiger partial charge in [0.05, 0.1) is 18.1 Å². The van der Waals surface area contributed by atoms with E-state index in [1.165, 1.54) is 25.3 Å². The highest BCUT2D eigenvalue weighted by Crippen LogP contribution is 2.33. The number of nitrogens with zero attached hydrogens (tertiary/aromatic N) is 1. The van der Waals surface area contributed by atoms with Crippen LogP contribution in [0.25, 0.3) is 17.4 Å². The number of ether oxygens (including phenoxy) is 1. The molecule has 0 atom stereocenters. The molecule has 0 saturated carbocycles. The van der Waals surface area contributed by atoms with E-state index in [1.807, 2.05) is 0 Å². The quantitative estimate of drug-likeness (QED) is 0.771. The van der Waals surface area contributed by atoms with E-state index in [0.717, 1.165) is 16.7 Å². The number of furan rings is 1. The molecule has 124 valence electrons. The van der Waals surface area contributed by atoms with Crippen molar-refractivity contribution in [2.45, 2.75) is 0 Å². The predicted octanol–water partition coefficient (Wildman–Crippen LogP) is 3.77. The summed E-state index contributed by atoms with van der Waals surface area (Å²) in [5, 5.41) is -0.333. The number of benzene rings is 1. The van der Waals surface area contributed by atoms with Crippen LogP contribution in [0.15, 0.2) is 45.7 Å². The molecule has 0 N–H and O–H groups in total. The first kappa shape index (κ1) is 16.5. The second-order valence-electron chi connectivity index (χ2n) is 5.04. The molecule has 1 aromatic carbocycles. The number of hydrogen-bond acceptors (Lipinski definition) is 5. The van der Waals surface area contributed by atoms with E-state index in [-0.39, 0.29) is 35.0 Å². The largest absolute Gasteiger partial charge is 0.457 e. The van der Waals surface area contributed by atoms with Crippen molar-refractivity contribution in [2.75, 3.05) is 20.3 Å². The summed E-state index contributed by atoms with van der Waals surface area (Å²) in [6.07, 6.45) is 1.51. The second-order valence-corrected chi connectivity index (χ2v) is 6.03. The standard InChI is InChI=1S/C17H14FNO4S/c1-22-8-7-19-16(20)15(24-17(19)21)10-13-5-6-14(23-13)11-3-2-4-12(18)9-11/h2-6,9-10H,7-8H2,1H3/b15-10+. The molecule has 0 radical (unpaired) electrons. The van der Waals surface area contributed by atoms with Crippen molar-refractivity contribution < 1.29 is 23.1 Å². The lowest BCUT2D eigenvalue weighted by atomic mass is 10.2. The van der Waals surface area contributed by atoms with Gasteiger partial charge in [-0.15, -0.1) is 0 Å². The van der Waals surface area contributed by atoms with Crippen molar-refractivity contribution in [1.29, 1.82) is 0 Å². The summed E-state index contributed by atoms with van der Waals surface area (Å²) in [6, 6.07) is 9.39. The molecule has 7 heteroatoms. The number of imide groups is 1. The smallest absolute Gasteiger partial charge is 0.293 e. The third-order valence-electron chi connectivity index (χ3n) is 3.40. The molecule has 24 heavy (non-hydrogen) atoms. The Morgan fingerprint density at radius 2 is 2.12 bits per heavy atom. The van der Waals surface area contributed by atoms with Gasteiger partial charge in [0, 0.05) is 18.7 Å². The third-order valence-corrected chi connectivity index (χ3v) is 4.31. The number of amides is 2. The number of carbonyl (C=O) groups excluding carboxylic acids is 2. The number of rotatable bonds is 5. The van der Waals surface area contributed by atoms with Crippen LogP contribution in [0.1, 0.15) is 5.76 Å². The molecule has 5 nitrogen and oxygen atoms in total. The summed E-state index contributed by atoms with van der Waals surface area (Å²) < 4.78 is 23.8. The molecule has 1 fully saturated rings. The molecule has 2 heterocycles. The van der Waals surface area contributed by atoms with Crippen LogP contribution in [0.2, 0.25) is 0 Å². The molecule has 1 aliphatic rings. The third kappa shape index (κ3) is 3.42. The second kappa shape index (κ2) is 7.02. The van der Waals surface area contributed by atoms with Crippen molar-refractivity contribution >= 4 is 29.0 Å². The van der Waals surface area contributed by atoms with Crippen molar-refractivity contribution in [1.82, 2.24) is 4.90 Å². The van der Waals surface area contributed by atoms with Gasteiger partial charge in [-0.25, -0.2) is 4.39 Å². The summed E-state index contributed by atoms with van der Waals surface area (Å²) in [4.78, 5) is 25.5. The maximum Gasteiger partial charge on any atom is 0.293 e. The zero-order chi connectivity index (χ0) is 17.1. The van der Waals surface area contributed by atoms with E-state index in [2.05, 4.69) is 0 Å². The maximum absolute atomic E-state index is 13.3. The molecule has 0 aliphatic carbocycles. The first-order chi connectivity index (χ1) is 11.6. The van der Waals surface area contributed by atoms with E-state index >= 15 is 0 Å². The Kier molecular flexibility index (Phi) is 4.82. The molecule has 1 aromatic heterocycles. The molecule has 1 aliphatic heterocycles. The Balaban J connectivity index is 1.80. The Morgan fingerprint density at radius 3 is 2.88 bits per heavy atom. The van der Waals surface area contributed by atoms with Gasteiger partial charge in [-0.3, -0.25) is 14.5 Å². The molecule has 0 unspecified atom stereocenters. The lowest BCUT2D eigenvalue weighted by Gasteiger charge is -2.10. The zero-order valence-electron chi connectivity index (χ0n) is 12.8. The fourth-order valence-electron chi connectivity index (χ4n) is 2.23. The highest BCUT2D eigenvalue weighted by molar-refractivity contribution is 8.18. The first-order valence-corrected chi connectivity index (χ1v) is 8.00. The van der Waals surface area contributed by atoms with Gasteiger partial charge in [-0.2, -0.15) is 0 Å². The number of thioether (sulfide) groups is 1. The van der Waals surface area contributed by atoms with Crippen molar-refractivity contribution in [2.24, 2.45) is 0 Å². The summed E-state index contributed by atoms with van der Waals surface area (Å²) >= 11 is 0.858. The van der Waals surface area contributed by atoms with Gasteiger partial charge >= 0.3 is 0 Å². The first-order valence-electron chi connectivity index (χ1n) is 7.18. The topological polar surface area (TPSA) is 59.8 Å². The van der Waals surface area contributed by atoms with Crippen LogP contribution in [0.4, 0.5) is 9.18 Å². The van der Waals surface area contributed by atoms with Crippen LogP contribution in [0.5, 0.6) is 0 Å². The monoisotopic (exact) mass is 347 g/mol. The van der Waals surface area contributed by atoms with E-state index in [1.54, 1.807) is 24.3 Å². The number of halogens is 1. The minimum atomic E-state index is -0.370. The van der Waals surface area contributed by atoms with Crippen LogP contribution in [-0.2, 0) is 9.53 Å². The van der Waals surface area contributed by atoms with Crippen molar-refractivity contribution in [3.8, 4) is 11.3 Å². The lowest BCUT2D eigenvalue weighted by Crippen LogP contribution is -2.31. The van der Waals surface area contributed by atoms with E-state index in [0.29, 0.717) is 17.1 Å². The molecule has 0 bridgehead atoms. The van der Waals surface area contributed by atoms with Crippen LogP contribution < -0.4 is 0 Å². The van der Waals surface area contributed by atoms with E-state index in [4.69, 9.17) is 9.15 Å². The predicted molar refractivity (Wildman–Crippen MR) is 88.7 cm³/mol. The van der Waals surface area contributed by atoms with Crippen LogP contribution in [-0.4, -0.2) is 36.3 Å². The Labute approximate surface area is 142 Å². The van der Waals surface area contributed by atoms with Gasteiger partial charge in [0.15, 0.2) is 0 Å². The normalized spacial score (nSPS) is 16.4. The number of carbonyl (C=O) groups is 2. The highest BCUT2D eigenvalue weighted by Gasteiger charge is 2.34. The zero-order valence-corrected chi connectivity index (χ0v) is 13.6. The summed E-state index contributed by atoms with van der Waals surface area (Å²) in [5.74, 6) is 0.182. The molecule has 0 spiro atoms.